The number of benzene rings is 1. The molecule has 0 N–H and O–H groups in total. The van der Waals surface area contributed by atoms with Gasteiger partial charge in [-0.1, -0.05) is 23.4 Å². The Bertz CT molecular complexity index is 530. The van der Waals surface area contributed by atoms with E-state index in [1.54, 1.807) is 24.3 Å². The van der Waals surface area contributed by atoms with Gasteiger partial charge in [0.05, 0.1) is 0 Å². The molecule has 0 aliphatic heterocycles. The highest BCUT2D eigenvalue weighted by atomic mass is 35.5. The van der Waals surface area contributed by atoms with Crippen LogP contribution < -0.4 is 4.74 Å². The molecule has 0 unspecified atom stereocenters. The molecule has 100 valence electrons. The van der Waals surface area contributed by atoms with Crippen LogP contribution in [0.4, 0.5) is 0 Å². The first kappa shape index (κ1) is 13.9. The molecule has 0 aliphatic carbocycles. The molecule has 2 aromatic rings. The van der Waals surface area contributed by atoms with Crippen molar-refractivity contribution in [2.45, 2.75) is 18.3 Å². The summed E-state index contributed by atoms with van der Waals surface area (Å²) in [7, 11) is 0. The zero-order valence-electron chi connectivity index (χ0n) is 9.91. The molecular weight excluding hydrogens is 288 g/mol. The lowest BCUT2D eigenvalue weighted by molar-refractivity contribution is -0.107. The summed E-state index contributed by atoms with van der Waals surface area (Å²) in [6.45, 7) is 0.197. The molecule has 2 rings (SSSR count). The van der Waals surface area contributed by atoms with Crippen molar-refractivity contribution in [3.63, 3.8) is 0 Å². The van der Waals surface area contributed by atoms with Gasteiger partial charge < -0.3 is 13.9 Å². The fraction of sp³-hybridized carbons (Fsp3) is 0.250. The molecule has 0 aliphatic rings. The van der Waals surface area contributed by atoms with E-state index in [0.717, 1.165) is 6.29 Å². The maximum atomic E-state index is 10.2. The molecule has 19 heavy (non-hydrogen) atoms. The summed E-state index contributed by atoms with van der Waals surface area (Å²) in [5.74, 6) is 1.70. The Kier molecular flexibility index (Phi) is 5.23. The van der Waals surface area contributed by atoms with E-state index in [4.69, 9.17) is 20.8 Å². The fourth-order valence-corrected chi connectivity index (χ4v) is 1.99. The molecule has 0 amide bonds. The van der Waals surface area contributed by atoms with E-state index in [0.29, 0.717) is 34.1 Å². The smallest absolute Gasteiger partial charge is 0.276 e. The van der Waals surface area contributed by atoms with Crippen molar-refractivity contribution in [2.75, 3.05) is 5.75 Å². The van der Waals surface area contributed by atoms with Crippen molar-refractivity contribution in [2.24, 2.45) is 0 Å². The average molecular weight is 299 g/mol. The quantitative estimate of drug-likeness (QED) is 0.445. The number of thioether (sulfide) groups is 1. The molecule has 0 fully saturated rings. The van der Waals surface area contributed by atoms with Gasteiger partial charge in [0, 0.05) is 17.2 Å². The van der Waals surface area contributed by atoms with Gasteiger partial charge in [0.15, 0.2) is 6.61 Å². The monoisotopic (exact) mass is 298 g/mol. The Hall–Kier alpha value is -1.53. The molecule has 0 spiro atoms. The van der Waals surface area contributed by atoms with Gasteiger partial charge >= 0.3 is 0 Å². The van der Waals surface area contributed by atoms with E-state index in [1.165, 1.54) is 11.8 Å². The van der Waals surface area contributed by atoms with Crippen LogP contribution in [-0.2, 0) is 11.4 Å². The minimum atomic E-state index is 0.197. The lowest BCUT2D eigenvalue weighted by Crippen LogP contribution is -1.95. The van der Waals surface area contributed by atoms with Crippen molar-refractivity contribution in [1.29, 1.82) is 0 Å². The second-order valence-electron chi connectivity index (χ2n) is 3.51. The summed E-state index contributed by atoms with van der Waals surface area (Å²) < 4.78 is 10.8. The van der Waals surface area contributed by atoms with Gasteiger partial charge in [-0.3, -0.25) is 0 Å². The lowest BCUT2D eigenvalue weighted by atomic mass is 10.3. The van der Waals surface area contributed by atoms with E-state index in [9.17, 15) is 4.79 Å². The topological polar surface area (TPSA) is 65.2 Å². The van der Waals surface area contributed by atoms with Crippen molar-refractivity contribution in [3.05, 3.63) is 35.2 Å². The normalized spacial score (nSPS) is 10.4. The molecule has 0 bridgehead atoms. The number of aromatic nitrogens is 2. The SMILES string of the molecule is O=CCCSc1nnc(COc2ccc(Cl)cc2)o1. The molecule has 0 radical (unpaired) electrons. The first-order valence-electron chi connectivity index (χ1n) is 5.55. The molecule has 1 heterocycles. The number of rotatable bonds is 7. The van der Waals surface area contributed by atoms with Crippen LogP contribution in [0.25, 0.3) is 0 Å². The predicted octanol–water partition coefficient (Wildman–Crippen LogP) is 2.98. The van der Waals surface area contributed by atoms with E-state index in [2.05, 4.69) is 10.2 Å². The number of nitrogens with zero attached hydrogens (tertiary/aromatic N) is 2. The lowest BCUT2D eigenvalue weighted by Gasteiger charge is -2.02. The van der Waals surface area contributed by atoms with Crippen LogP contribution >= 0.6 is 23.4 Å². The third kappa shape index (κ3) is 4.57. The first-order chi connectivity index (χ1) is 9.28. The fourth-order valence-electron chi connectivity index (χ4n) is 1.23. The summed E-state index contributed by atoms with van der Waals surface area (Å²) in [5, 5.41) is 8.79. The van der Waals surface area contributed by atoms with Gasteiger partial charge in [-0.15, -0.1) is 10.2 Å². The minimum absolute atomic E-state index is 0.197. The van der Waals surface area contributed by atoms with Crippen LogP contribution in [0.2, 0.25) is 5.02 Å². The van der Waals surface area contributed by atoms with E-state index in [1.807, 2.05) is 0 Å². The molecule has 5 nitrogen and oxygen atoms in total. The maximum Gasteiger partial charge on any atom is 0.276 e. The third-order valence-electron chi connectivity index (χ3n) is 2.09. The van der Waals surface area contributed by atoms with Gasteiger partial charge in [-0.2, -0.15) is 0 Å². The van der Waals surface area contributed by atoms with Crippen molar-refractivity contribution in [1.82, 2.24) is 10.2 Å². The van der Waals surface area contributed by atoms with Crippen LogP contribution in [0, 0.1) is 0 Å². The van der Waals surface area contributed by atoms with Crippen LogP contribution in [0.1, 0.15) is 12.3 Å². The second-order valence-corrected chi connectivity index (χ2v) is 4.99. The van der Waals surface area contributed by atoms with Crippen LogP contribution in [0.3, 0.4) is 0 Å². The molecule has 0 atom stereocenters. The highest BCUT2D eigenvalue weighted by Gasteiger charge is 2.07. The Balaban J connectivity index is 1.82. The summed E-state index contributed by atoms with van der Waals surface area (Å²) in [6.07, 6.45) is 1.32. The molecular formula is C12H11ClN2O3S. The molecule has 0 saturated heterocycles. The highest BCUT2D eigenvalue weighted by molar-refractivity contribution is 7.99. The van der Waals surface area contributed by atoms with Crippen LogP contribution in [-0.4, -0.2) is 22.2 Å². The number of halogens is 1. The van der Waals surface area contributed by atoms with Gasteiger partial charge in [-0.05, 0) is 24.3 Å². The number of carbonyl (C=O) groups excluding carboxylic acids is 1. The van der Waals surface area contributed by atoms with Crippen molar-refractivity contribution < 1.29 is 13.9 Å². The highest BCUT2D eigenvalue weighted by Crippen LogP contribution is 2.19. The largest absolute Gasteiger partial charge is 0.484 e. The van der Waals surface area contributed by atoms with Crippen molar-refractivity contribution >= 4 is 29.6 Å². The standard InChI is InChI=1S/C12H11ClN2O3S/c13-9-2-4-10(5-3-9)17-8-11-14-15-12(18-11)19-7-1-6-16/h2-6H,1,7-8H2. The summed E-state index contributed by atoms with van der Waals surface area (Å²) in [6, 6.07) is 7.01. The number of aldehydes is 1. The van der Waals surface area contributed by atoms with Gasteiger partial charge in [0.1, 0.15) is 12.0 Å². The maximum absolute atomic E-state index is 10.2. The zero-order chi connectivity index (χ0) is 13.5. The Morgan fingerprint density at radius 1 is 1.32 bits per heavy atom. The van der Waals surface area contributed by atoms with Crippen LogP contribution in [0.5, 0.6) is 5.75 Å². The summed E-state index contributed by atoms with van der Waals surface area (Å²) in [5.41, 5.74) is 0. The van der Waals surface area contributed by atoms with E-state index < -0.39 is 0 Å². The predicted molar refractivity (Wildman–Crippen MR) is 71.5 cm³/mol. The van der Waals surface area contributed by atoms with E-state index in [-0.39, 0.29) is 6.61 Å². The summed E-state index contributed by atoms with van der Waals surface area (Å²) in [4.78, 5) is 10.2. The number of hydrogen-bond donors (Lipinski definition) is 0. The van der Waals surface area contributed by atoms with Crippen LogP contribution in [0.15, 0.2) is 33.9 Å². The molecule has 0 saturated carbocycles. The van der Waals surface area contributed by atoms with Gasteiger partial charge in [0.2, 0.25) is 0 Å². The molecule has 1 aromatic carbocycles. The minimum Gasteiger partial charge on any atom is -0.484 e. The number of ether oxygens (including phenoxy) is 1. The second kappa shape index (κ2) is 7.16. The number of carbonyl (C=O) groups is 1. The third-order valence-corrected chi connectivity index (χ3v) is 3.19. The summed E-state index contributed by atoms with van der Waals surface area (Å²) >= 11 is 7.11. The van der Waals surface area contributed by atoms with E-state index >= 15 is 0 Å². The number of hydrogen-bond acceptors (Lipinski definition) is 6. The zero-order valence-corrected chi connectivity index (χ0v) is 11.5. The molecule has 1 aromatic heterocycles. The average Bonchev–Trinajstić information content (AvgIpc) is 2.86. The van der Waals surface area contributed by atoms with Crippen molar-refractivity contribution in [3.8, 4) is 5.75 Å². The Labute approximate surface area is 119 Å². The van der Waals surface area contributed by atoms with Gasteiger partial charge in [0.25, 0.3) is 11.1 Å². The Morgan fingerprint density at radius 3 is 2.84 bits per heavy atom. The molecule has 7 heteroatoms. The first-order valence-corrected chi connectivity index (χ1v) is 6.91. The van der Waals surface area contributed by atoms with Gasteiger partial charge in [-0.25, -0.2) is 0 Å². The Morgan fingerprint density at radius 2 is 2.11 bits per heavy atom.